The van der Waals surface area contributed by atoms with Gasteiger partial charge in [-0.3, -0.25) is 9.36 Å². The van der Waals surface area contributed by atoms with Crippen LogP contribution in [-0.4, -0.2) is 34.2 Å². The predicted molar refractivity (Wildman–Crippen MR) is 99.7 cm³/mol. The van der Waals surface area contributed by atoms with Gasteiger partial charge in [-0.2, -0.15) is 0 Å². The topological polar surface area (TPSA) is 87.5 Å². The lowest BCUT2D eigenvalue weighted by atomic mass is 10.2. The molecule has 0 saturated heterocycles. The molecule has 0 N–H and O–H groups in total. The summed E-state index contributed by atoms with van der Waals surface area (Å²) in [5.41, 5.74) is 0.173. The first-order valence-corrected chi connectivity index (χ1v) is 9.51. The van der Waals surface area contributed by atoms with Gasteiger partial charge in [-0.05, 0) is 39.2 Å². The van der Waals surface area contributed by atoms with Crippen LogP contribution in [0.15, 0.2) is 11.1 Å². The summed E-state index contributed by atoms with van der Waals surface area (Å²) < 4.78 is 11.7. The Balaban J connectivity index is 2.50. The van der Waals surface area contributed by atoms with E-state index >= 15 is 0 Å². The SMILES string of the molecule is CCCOC(=O)[C@H](CC)n1cnc2sc(C(=O)OC(C)C)c(C)c2c1=O. The molecule has 2 rings (SSSR count). The summed E-state index contributed by atoms with van der Waals surface area (Å²) in [5, 5.41) is 0.343. The van der Waals surface area contributed by atoms with Crippen LogP contribution < -0.4 is 5.56 Å². The summed E-state index contributed by atoms with van der Waals surface area (Å²) >= 11 is 1.12. The van der Waals surface area contributed by atoms with E-state index in [0.717, 1.165) is 11.3 Å². The molecule has 0 fully saturated rings. The molecule has 0 aromatic carbocycles. The van der Waals surface area contributed by atoms with Crippen LogP contribution in [0.25, 0.3) is 10.2 Å². The molecule has 0 radical (unpaired) electrons. The summed E-state index contributed by atoms with van der Waals surface area (Å²) in [6.45, 7) is 9.24. The lowest BCUT2D eigenvalue weighted by Gasteiger charge is -2.16. The summed E-state index contributed by atoms with van der Waals surface area (Å²) in [6.07, 6.45) is 2.20. The number of rotatable bonds is 7. The number of fused-ring (bicyclic) bond motifs is 1. The van der Waals surface area contributed by atoms with Crippen LogP contribution in [0.4, 0.5) is 0 Å². The number of esters is 2. The molecule has 1 atom stereocenters. The predicted octanol–water partition coefficient (Wildman–Crippen LogP) is 3.24. The number of hydrogen-bond donors (Lipinski definition) is 0. The minimum absolute atomic E-state index is 0.255. The third-order valence-electron chi connectivity index (χ3n) is 3.85. The third kappa shape index (κ3) is 3.95. The van der Waals surface area contributed by atoms with E-state index in [1.807, 2.05) is 6.92 Å². The number of nitrogens with zero attached hydrogens (tertiary/aromatic N) is 2. The molecular weight excluding hydrogens is 356 g/mol. The zero-order valence-electron chi connectivity index (χ0n) is 15.7. The highest BCUT2D eigenvalue weighted by molar-refractivity contribution is 7.20. The van der Waals surface area contributed by atoms with Crippen molar-refractivity contribution in [3.8, 4) is 0 Å². The van der Waals surface area contributed by atoms with Crippen LogP contribution >= 0.6 is 11.3 Å². The molecule has 7 nitrogen and oxygen atoms in total. The molecule has 0 aliphatic heterocycles. The van der Waals surface area contributed by atoms with Crippen molar-refractivity contribution in [3.05, 3.63) is 27.1 Å². The minimum Gasteiger partial charge on any atom is -0.464 e. The average Bonchev–Trinajstić information content (AvgIpc) is 2.92. The largest absolute Gasteiger partial charge is 0.464 e. The molecule has 26 heavy (non-hydrogen) atoms. The number of hydrogen-bond acceptors (Lipinski definition) is 7. The smallest absolute Gasteiger partial charge is 0.348 e. The van der Waals surface area contributed by atoms with Crippen LogP contribution in [0.3, 0.4) is 0 Å². The van der Waals surface area contributed by atoms with Crippen LogP contribution in [0, 0.1) is 6.92 Å². The number of ether oxygens (including phenoxy) is 2. The van der Waals surface area contributed by atoms with Crippen LogP contribution in [0.1, 0.15) is 61.8 Å². The van der Waals surface area contributed by atoms with E-state index in [0.29, 0.717) is 40.1 Å². The van der Waals surface area contributed by atoms with Crippen molar-refractivity contribution in [3.63, 3.8) is 0 Å². The summed E-state index contributed by atoms with van der Waals surface area (Å²) in [6, 6.07) is -0.740. The Morgan fingerprint density at radius 1 is 1.31 bits per heavy atom. The number of aryl methyl sites for hydroxylation is 1. The molecule has 142 valence electrons. The second kappa shape index (κ2) is 8.44. The summed E-state index contributed by atoms with van der Waals surface area (Å²) in [7, 11) is 0. The van der Waals surface area contributed by atoms with E-state index in [1.165, 1.54) is 10.9 Å². The first-order chi connectivity index (χ1) is 12.3. The van der Waals surface area contributed by atoms with Gasteiger partial charge in [0.15, 0.2) is 0 Å². The Bertz CT molecular complexity index is 868. The molecule has 0 bridgehead atoms. The van der Waals surface area contributed by atoms with E-state index in [1.54, 1.807) is 27.7 Å². The fourth-order valence-corrected chi connectivity index (χ4v) is 3.62. The third-order valence-corrected chi connectivity index (χ3v) is 5.03. The lowest BCUT2D eigenvalue weighted by molar-refractivity contribution is -0.147. The molecule has 0 aliphatic carbocycles. The van der Waals surface area contributed by atoms with Gasteiger partial charge in [-0.25, -0.2) is 14.6 Å². The highest BCUT2D eigenvalue weighted by Gasteiger charge is 2.25. The van der Waals surface area contributed by atoms with Gasteiger partial charge < -0.3 is 9.47 Å². The molecule has 2 aromatic heterocycles. The van der Waals surface area contributed by atoms with Gasteiger partial charge in [-0.15, -0.1) is 11.3 Å². The Kier molecular flexibility index (Phi) is 6.52. The van der Waals surface area contributed by atoms with Crippen molar-refractivity contribution in [1.82, 2.24) is 9.55 Å². The zero-order chi connectivity index (χ0) is 19.4. The molecule has 8 heteroatoms. The van der Waals surface area contributed by atoms with E-state index in [4.69, 9.17) is 9.47 Å². The Morgan fingerprint density at radius 2 is 2.00 bits per heavy atom. The first kappa shape index (κ1) is 20.1. The van der Waals surface area contributed by atoms with Crippen molar-refractivity contribution in [2.75, 3.05) is 6.61 Å². The van der Waals surface area contributed by atoms with Crippen molar-refractivity contribution >= 4 is 33.5 Å². The maximum absolute atomic E-state index is 13.0. The Morgan fingerprint density at radius 3 is 2.58 bits per heavy atom. The summed E-state index contributed by atoms with van der Waals surface area (Å²) in [4.78, 5) is 42.5. The lowest BCUT2D eigenvalue weighted by Crippen LogP contribution is -2.31. The number of carbonyl (C=O) groups is 2. The number of aromatic nitrogens is 2. The highest BCUT2D eigenvalue weighted by atomic mass is 32.1. The molecule has 0 saturated carbocycles. The quantitative estimate of drug-likeness (QED) is 0.685. The van der Waals surface area contributed by atoms with Crippen molar-refractivity contribution in [1.29, 1.82) is 0 Å². The van der Waals surface area contributed by atoms with Gasteiger partial charge in [0.05, 0.1) is 24.4 Å². The average molecular weight is 380 g/mol. The summed E-state index contributed by atoms with van der Waals surface area (Å²) in [5.74, 6) is -0.925. The normalized spacial score (nSPS) is 12.4. The number of carbonyl (C=O) groups excluding carboxylic acids is 2. The van der Waals surface area contributed by atoms with Crippen LogP contribution in [-0.2, 0) is 14.3 Å². The highest BCUT2D eigenvalue weighted by Crippen LogP contribution is 2.28. The van der Waals surface area contributed by atoms with Crippen LogP contribution in [0.5, 0.6) is 0 Å². The first-order valence-electron chi connectivity index (χ1n) is 8.69. The maximum Gasteiger partial charge on any atom is 0.348 e. The molecule has 2 aromatic rings. The van der Waals surface area contributed by atoms with Gasteiger partial charge in [0.1, 0.15) is 15.7 Å². The van der Waals surface area contributed by atoms with Gasteiger partial charge in [0.25, 0.3) is 5.56 Å². The molecule has 2 heterocycles. The van der Waals surface area contributed by atoms with E-state index in [2.05, 4.69) is 4.98 Å². The van der Waals surface area contributed by atoms with Gasteiger partial charge in [0.2, 0.25) is 0 Å². The van der Waals surface area contributed by atoms with Gasteiger partial charge in [-0.1, -0.05) is 13.8 Å². The van der Waals surface area contributed by atoms with Crippen molar-refractivity contribution in [2.45, 2.75) is 59.6 Å². The molecule has 0 amide bonds. The van der Waals surface area contributed by atoms with E-state index in [9.17, 15) is 14.4 Å². The van der Waals surface area contributed by atoms with Crippen LogP contribution in [0.2, 0.25) is 0 Å². The second-order valence-corrected chi connectivity index (χ2v) is 7.24. The fraction of sp³-hybridized carbons (Fsp3) is 0.556. The monoisotopic (exact) mass is 380 g/mol. The molecule has 0 unspecified atom stereocenters. The van der Waals surface area contributed by atoms with Crippen molar-refractivity contribution < 1.29 is 19.1 Å². The standard InChI is InChI=1S/C18H24N2O5S/c1-6-8-24-17(22)12(7-2)20-9-19-15-13(16(20)21)11(5)14(26-15)18(23)25-10(3)4/h9-10,12H,6-8H2,1-5H3/t12-/m0/s1. The van der Waals surface area contributed by atoms with Gasteiger partial charge in [0, 0.05) is 0 Å². The van der Waals surface area contributed by atoms with Gasteiger partial charge >= 0.3 is 11.9 Å². The van der Waals surface area contributed by atoms with E-state index in [-0.39, 0.29) is 11.7 Å². The number of thiophene rings is 1. The van der Waals surface area contributed by atoms with E-state index < -0.39 is 18.0 Å². The maximum atomic E-state index is 13.0. The zero-order valence-corrected chi connectivity index (χ0v) is 16.5. The fourth-order valence-electron chi connectivity index (χ4n) is 2.60. The minimum atomic E-state index is -0.740. The second-order valence-electron chi connectivity index (χ2n) is 6.24. The Labute approximate surface area is 155 Å². The van der Waals surface area contributed by atoms with Crippen molar-refractivity contribution in [2.24, 2.45) is 0 Å². The Hall–Kier alpha value is -2.22. The molecular formula is C18H24N2O5S. The molecule has 0 aliphatic rings. The molecule has 0 spiro atoms.